The number of hydrogen-bond donors (Lipinski definition) is 6. The van der Waals surface area contributed by atoms with E-state index in [4.69, 9.17) is 39.8 Å². The van der Waals surface area contributed by atoms with Crippen LogP contribution in [0.4, 0.5) is 0 Å². The quantitative estimate of drug-likeness (QED) is 0.0440. The molecule has 5 unspecified atom stereocenters. The first kappa shape index (κ1) is 65.1. The highest BCUT2D eigenvalue weighted by atomic mass is 16.5. The molecule has 0 saturated heterocycles. The van der Waals surface area contributed by atoms with Crippen molar-refractivity contribution >= 4 is 48.7 Å². The van der Waals surface area contributed by atoms with Crippen LogP contribution in [0.3, 0.4) is 0 Å². The maximum Gasteiger partial charge on any atom is 0.311 e. The summed E-state index contributed by atoms with van der Waals surface area (Å²) in [5.41, 5.74) is -11.7. The molecule has 9 rings (SSSR count). The molecule has 0 amide bonds. The topological polar surface area (TPSA) is 259 Å². The van der Waals surface area contributed by atoms with Gasteiger partial charge < -0.3 is 50.2 Å². The molecule has 4 aromatic carbocycles. The van der Waals surface area contributed by atoms with Crippen LogP contribution < -0.4 is 18.9 Å². The van der Waals surface area contributed by atoms with E-state index in [1.807, 2.05) is 41.5 Å². The fraction of sp³-hybridized carbons (Fsp3) is 0.556. The molecule has 4 aliphatic heterocycles. The third kappa shape index (κ3) is 10.1. The maximum absolute atomic E-state index is 15.3. The minimum atomic E-state index is -1.88. The van der Waals surface area contributed by atoms with Gasteiger partial charge in [0, 0.05) is 140 Å². The van der Waals surface area contributed by atoms with E-state index in [0.717, 1.165) is 57.4 Å². The number of hydrogen-bond acceptors (Lipinski definition) is 16. The van der Waals surface area contributed by atoms with Crippen molar-refractivity contribution in [3.63, 3.8) is 0 Å². The Morgan fingerprint density at radius 3 is 1.11 bits per heavy atom. The Kier molecular flexibility index (Phi) is 17.9. The second-order valence-electron chi connectivity index (χ2n) is 27.8. The average Bonchev–Trinajstić information content (AvgIpc) is 0.628. The van der Waals surface area contributed by atoms with E-state index in [0.29, 0.717) is 12.0 Å². The van der Waals surface area contributed by atoms with Crippen molar-refractivity contribution in [2.45, 2.75) is 232 Å². The smallest absolute Gasteiger partial charge is 0.311 e. The fourth-order valence-electron chi connectivity index (χ4n) is 19.4. The minimum absolute atomic E-state index is 0.0172. The number of nitrogens with one attached hydrogen (secondary N) is 2. The highest BCUT2D eigenvalue weighted by Gasteiger charge is 2.85. The lowest BCUT2D eigenvalue weighted by Gasteiger charge is -2.83. The van der Waals surface area contributed by atoms with Crippen LogP contribution in [0.1, 0.15) is 243 Å². The number of aliphatic imine (C=N–C) groups is 2. The number of aromatic hydroxyl groups is 4. The van der Waals surface area contributed by atoms with Gasteiger partial charge in [-0.3, -0.25) is 29.2 Å². The Morgan fingerprint density at radius 1 is 0.489 bits per heavy atom. The van der Waals surface area contributed by atoms with Gasteiger partial charge in [-0.15, -0.1) is 0 Å². The second kappa shape index (κ2) is 24.2. The molecule has 16 heteroatoms. The van der Waals surface area contributed by atoms with Gasteiger partial charge in [-0.25, -0.2) is 0 Å². The van der Waals surface area contributed by atoms with E-state index in [2.05, 4.69) is 41.5 Å². The first-order chi connectivity index (χ1) is 41.6. The molecule has 5 aliphatic rings. The molecule has 0 radical (unpaired) electrons. The van der Waals surface area contributed by atoms with E-state index < -0.39 is 67.2 Å². The molecule has 0 aromatic heterocycles. The first-order valence-corrected chi connectivity index (χ1v) is 32.0. The van der Waals surface area contributed by atoms with Crippen molar-refractivity contribution in [1.82, 2.24) is 0 Å². The zero-order valence-corrected chi connectivity index (χ0v) is 53.8. The van der Waals surface area contributed by atoms with Crippen LogP contribution in [0.5, 0.6) is 46.0 Å². The van der Waals surface area contributed by atoms with E-state index in [1.54, 1.807) is 48.8 Å². The summed E-state index contributed by atoms with van der Waals surface area (Å²) in [6, 6.07) is 12.7. The summed E-state index contributed by atoms with van der Waals surface area (Å²) >= 11 is 0. The Hall–Kier alpha value is -7.36. The van der Waals surface area contributed by atoms with Crippen LogP contribution in [0.25, 0.3) is 0 Å². The van der Waals surface area contributed by atoms with Crippen molar-refractivity contribution < 1.29 is 58.6 Å². The standard InChI is InChI=1S/C72H92N4O12/c1-13-20-47(14-2)75-41-45-33-51-37-55(63(45)83)67(9,10)71(65(5,6)53-35-49(31-43(39-73)61(53)81)85-57(77)23-27-69(71,15-3)29-25-59(79)87-51)72-66(7,8)54-36-50(32-44(40-74)62(54)82)86-58(78)24-28-70(72,16-4)30-26-60(80)88-52-34-46(42-76-48-21-18-17-19-22-48)64(84)56(38-52)68(72,11)12/h31-42,47-48,73-74,81-84H,13-30H2,1-12H3. The van der Waals surface area contributed by atoms with Gasteiger partial charge in [0.25, 0.3) is 0 Å². The third-order valence-electron chi connectivity index (χ3n) is 22.4. The van der Waals surface area contributed by atoms with Gasteiger partial charge in [-0.05, 0) is 124 Å². The van der Waals surface area contributed by atoms with Crippen molar-refractivity contribution in [3.8, 4) is 46.0 Å². The summed E-state index contributed by atoms with van der Waals surface area (Å²) in [6.45, 7) is 24.5. The van der Waals surface area contributed by atoms with Crippen LogP contribution in [0, 0.1) is 32.5 Å². The number of rotatable bonds is 12. The minimum Gasteiger partial charge on any atom is -0.507 e. The summed E-state index contributed by atoms with van der Waals surface area (Å²) in [5, 5.41) is 72.6. The number of esters is 4. The van der Waals surface area contributed by atoms with Crippen LogP contribution in [-0.2, 0) is 40.8 Å². The molecule has 1 saturated carbocycles. The van der Waals surface area contributed by atoms with Crippen molar-refractivity contribution in [1.29, 1.82) is 10.8 Å². The number of ether oxygens (including phenoxy) is 4. The number of nitrogens with zero attached hydrogens (tertiary/aromatic N) is 2. The van der Waals surface area contributed by atoms with E-state index >= 15 is 19.2 Å². The molecule has 16 nitrogen and oxygen atoms in total. The largest absolute Gasteiger partial charge is 0.507 e. The molecular weight excluding hydrogens is 1110 g/mol. The Morgan fingerprint density at radius 2 is 0.807 bits per heavy atom. The zero-order chi connectivity index (χ0) is 64.2. The average molecular weight is 1210 g/mol. The third-order valence-corrected chi connectivity index (χ3v) is 22.4. The lowest BCUT2D eigenvalue weighted by molar-refractivity contribution is -0.302. The van der Waals surface area contributed by atoms with Gasteiger partial charge in [0.05, 0.1) is 0 Å². The van der Waals surface area contributed by atoms with Gasteiger partial charge in [0.15, 0.2) is 0 Å². The molecule has 4 aromatic rings. The summed E-state index contributed by atoms with van der Waals surface area (Å²) in [4.78, 5) is 71.0. The van der Waals surface area contributed by atoms with Gasteiger partial charge in [0.1, 0.15) is 46.0 Å². The van der Waals surface area contributed by atoms with Crippen LogP contribution >= 0.6 is 0 Å². The fourth-order valence-corrected chi connectivity index (χ4v) is 19.4. The Balaban J connectivity index is 1.69. The molecule has 1 fully saturated rings. The second-order valence-corrected chi connectivity index (χ2v) is 27.8. The van der Waals surface area contributed by atoms with Crippen LogP contribution in [0.2, 0.25) is 0 Å². The first-order valence-electron chi connectivity index (χ1n) is 32.0. The van der Waals surface area contributed by atoms with E-state index in [-0.39, 0.29) is 161 Å². The Labute approximate surface area is 519 Å². The number of benzene rings is 4. The van der Waals surface area contributed by atoms with Gasteiger partial charge in [0.2, 0.25) is 0 Å². The predicted octanol–water partition coefficient (Wildman–Crippen LogP) is 15.0. The van der Waals surface area contributed by atoms with Gasteiger partial charge in [-0.2, -0.15) is 0 Å². The van der Waals surface area contributed by atoms with E-state index in [9.17, 15) is 20.4 Å². The number of phenols is 4. The molecule has 88 heavy (non-hydrogen) atoms. The van der Waals surface area contributed by atoms with E-state index in [1.165, 1.54) is 12.1 Å². The number of carbonyl (C=O) groups excluding carboxylic acids is 4. The summed E-state index contributed by atoms with van der Waals surface area (Å²) < 4.78 is 25.4. The number of carbonyl (C=O) groups is 4. The maximum atomic E-state index is 15.3. The normalized spacial score (nSPS) is 26.5. The summed E-state index contributed by atoms with van der Waals surface area (Å²) in [5.74, 6) is -3.13. The van der Waals surface area contributed by atoms with Crippen molar-refractivity contribution in [2.75, 3.05) is 0 Å². The lowest BCUT2D eigenvalue weighted by atomic mass is 9.19. The molecule has 472 valence electrons. The van der Waals surface area contributed by atoms with Crippen LogP contribution in [0.15, 0.2) is 58.5 Å². The highest BCUT2D eigenvalue weighted by molar-refractivity contribution is 5.89. The number of phenolic OH excluding ortho intramolecular Hbond substituents is 4. The molecule has 4 heterocycles. The predicted molar refractivity (Wildman–Crippen MR) is 341 cm³/mol. The van der Waals surface area contributed by atoms with Crippen molar-refractivity contribution in [3.05, 3.63) is 93.0 Å². The molecule has 1 aliphatic carbocycles. The zero-order valence-electron chi connectivity index (χ0n) is 53.8. The lowest BCUT2D eigenvalue weighted by Crippen LogP contribution is -2.82. The molecular formula is C72H92N4O12. The molecule has 5 atom stereocenters. The molecule has 8 bridgehead atoms. The van der Waals surface area contributed by atoms with Crippen LogP contribution in [-0.4, -0.2) is 81.2 Å². The monoisotopic (exact) mass is 1200 g/mol. The molecule has 0 spiro atoms. The van der Waals surface area contributed by atoms with Crippen molar-refractivity contribution in [2.24, 2.45) is 31.6 Å². The highest BCUT2D eigenvalue weighted by Crippen LogP contribution is 2.87. The molecule has 6 N–H and O–H groups in total. The SMILES string of the molecule is CCCC(CC)N=Cc1cc2cc(c1O)C(C)(C)C1(C34C(CC)(CCC(=O)Oc5cc(C=N)c(O)c(c5)C3(C)C)CCC(=O)Oc3cc(C=NC5CCCCC5)c(O)c(c3)C4(C)C)C(CC)(CCC(=O)Oc3cc(C=N)c(O)c(c3)C1(C)C)CCC(=O)O2. The number of fused-ring (bicyclic) bond motifs is 11. The summed E-state index contributed by atoms with van der Waals surface area (Å²) in [7, 11) is 0. The Bertz CT molecular complexity index is 3270. The van der Waals surface area contributed by atoms with Gasteiger partial charge in [-0.1, -0.05) is 109 Å². The van der Waals surface area contributed by atoms with Gasteiger partial charge >= 0.3 is 23.9 Å². The summed E-state index contributed by atoms with van der Waals surface area (Å²) in [6.07, 6.45) is 11.7.